The molecule has 0 N–H and O–H groups in total. The summed E-state index contributed by atoms with van der Waals surface area (Å²) in [7, 11) is 0. The molecule has 0 aliphatic carbocycles. The fraction of sp³-hybridized carbons (Fsp3) is 0. The average molecular weight is 371 g/mol. The average Bonchev–Trinajstić information content (AvgIpc) is 2.28. The van der Waals surface area contributed by atoms with Crippen molar-refractivity contribution in [2.75, 3.05) is 0 Å². The van der Waals surface area contributed by atoms with Crippen molar-refractivity contribution in [2.24, 2.45) is 0 Å². The van der Waals surface area contributed by atoms with Gasteiger partial charge in [0.15, 0.2) is 0 Å². The van der Waals surface area contributed by atoms with Crippen LogP contribution in [0.3, 0.4) is 0 Å². The summed E-state index contributed by atoms with van der Waals surface area (Å²) in [5, 5.41) is 1.31. The van der Waals surface area contributed by atoms with Gasteiger partial charge >= 0.3 is 0 Å². The van der Waals surface area contributed by atoms with Gasteiger partial charge in [-0.2, -0.15) is 0 Å². The molecule has 1 aromatic heterocycles. The zero-order chi connectivity index (χ0) is 8.72. The Balaban J connectivity index is 2.87. The predicted octanol–water partition coefficient (Wildman–Crippen LogP) is 4.56. The fourth-order valence-corrected chi connectivity index (χ4v) is 3.89. The topological polar surface area (TPSA) is 0 Å². The number of thiol groups is 1. The lowest BCUT2D eigenvalue weighted by atomic mass is 10.3. The molecule has 0 nitrogen and oxygen atoms in total. The van der Waals surface area contributed by atoms with Gasteiger partial charge in [0.25, 0.3) is 0 Å². The van der Waals surface area contributed by atoms with Gasteiger partial charge in [0.1, 0.15) is 0 Å². The molecular weight excluding hydrogens is 367 g/mol. The van der Waals surface area contributed by atoms with E-state index in [0.717, 1.165) is 4.90 Å². The predicted molar refractivity (Wildman–Crippen MR) is 69.5 cm³/mol. The van der Waals surface area contributed by atoms with Gasteiger partial charge in [-0.25, -0.2) is 0 Å². The van der Waals surface area contributed by atoms with Gasteiger partial charge in [0.2, 0.25) is 0 Å². The van der Waals surface area contributed by atoms with Crippen LogP contribution in [-0.2, 0) is 0 Å². The lowest BCUT2D eigenvalue weighted by Crippen LogP contribution is -1.67. The summed E-state index contributed by atoms with van der Waals surface area (Å²) in [5.74, 6) is 0. The van der Waals surface area contributed by atoms with Crippen molar-refractivity contribution >= 4 is 72.6 Å². The Hall–Kier alpha value is 0.740. The van der Waals surface area contributed by atoms with Gasteiger partial charge < -0.3 is 0 Å². The maximum Gasteiger partial charge on any atom is 0.0844 e. The molecule has 12 heavy (non-hydrogen) atoms. The van der Waals surface area contributed by atoms with Crippen LogP contribution in [-0.4, -0.2) is 0 Å². The van der Waals surface area contributed by atoms with Crippen molar-refractivity contribution in [1.82, 2.24) is 0 Å². The standard InChI is InChI=1S/C8H4BrIS2/c9-8-7(10)5-2-1-4(11)3-6(5)12-8/h1-3,11H. The molecule has 1 aromatic carbocycles. The first-order valence-corrected chi connectivity index (χ1v) is 6.38. The molecule has 0 amide bonds. The number of halogens is 2. The monoisotopic (exact) mass is 370 g/mol. The zero-order valence-electron chi connectivity index (χ0n) is 5.84. The van der Waals surface area contributed by atoms with Crippen molar-refractivity contribution in [3.05, 3.63) is 25.6 Å². The van der Waals surface area contributed by atoms with Crippen molar-refractivity contribution in [2.45, 2.75) is 4.90 Å². The van der Waals surface area contributed by atoms with Gasteiger partial charge in [-0.05, 0) is 50.7 Å². The van der Waals surface area contributed by atoms with Crippen LogP contribution in [0.5, 0.6) is 0 Å². The smallest absolute Gasteiger partial charge is 0.0844 e. The second-order valence-electron chi connectivity index (χ2n) is 2.37. The molecule has 1 heterocycles. The Morgan fingerprint density at radius 1 is 1.42 bits per heavy atom. The Morgan fingerprint density at radius 3 is 2.92 bits per heavy atom. The molecule has 0 aliphatic rings. The lowest BCUT2D eigenvalue weighted by molar-refractivity contribution is 1.54. The number of rotatable bonds is 0. The molecule has 0 spiro atoms. The van der Waals surface area contributed by atoms with Crippen LogP contribution in [0.15, 0.2) is 26.9 Å². The van der Waals surface area contributed by atoms with Gasteiger partial charge in [0, 0.05) is 18.6 Å². The quantitative estimate of drug-likeness (QED) is 0.510. The fourth-order valence-electron chi connectivity index (χ4n) is 1.02. The third-order valence-electron chi connectivity index (χ3n) is 1.57. The largest absolute Gasteiger partial charge is 0.143 e. The summed E-state index contributed by atoms with van der Waals surface area (Å²) in [5.41, 5.74) is 0. The van der Waals surface area contributed by atoms with E-state index in [4.69, 9.17) is 0 Å². The maximum absolute atomic E-state index is 4.29. The molecule has 4 heteroatoms. The zero-order valence-corrected chi connectivity index (χ0v) is 11.3. The SMILES string of the molecule is Sc1ccc2c(I)c(Br)sc2c1. The summed E-state index contributed by atoms with van der Waals surface area (Å²) < 4.78 is 3.79. The van der Waals surface area contributed by atoms with E-state index >= 15 is 0 Å². The van der Waals surface area contributed by atoms with E-state index < -0.39 is 0 Å². The molecule has 0 aliphatic heterocycles. The Bertz CT molecular complexity index is 436. The third-order valence-corrected chi connectivity index (χ3v) is 5.90. The first-order valence-electron chi connectivity index (χ1n) is 3.25. The van der Waals surface area contributed by atoms with E-state index in [9.17, 15) is 0 Å². The maximum atomic E-state index is 4.29. The minimum atomic E-state index is 1.02. The second-order valence-corrected chi connectivity index (χ2v) is 6.34. The molecule has 2 aromatic rings. The van der Waals surface area contributed by atoms with Crippen molar-refractivity contribution in [1.29, 1.82) is 0 Å². The van der Waals surface area contributed by atoms with E-state index in [0.29, 0.717) is 0 Å². The first-order chi connectivity index (χ1) is 5.68. The molecule has 0 atom stereocenters. The molecule has 2 rings (SSSR count). The lowest BCUT2D eigenvalue weighted by Gasteiger charge is -1.91. The minimum absolute atomic E-state index is 1.02. The number of fused-ring (bicyclic) bond motifs is 1. The van der Waals surface area contributed by atoms with Crippen LogP contribution in [0.4, 0.5) is 0 Å². The van der Waals surface area contributed by atoms with Crippen LogP contribution in [0, 0.1) is 3.57 Å². The first kappa shape index (κ1) is 9.30. The van der Waals surface area contributed by atoms with Crippen molar-refractivity contribution < 1.29 is 0 Å². The second kappa shape index (κ2) is 3.48. The minimum Gasteiger partial charge on any atom is -0.143 e. The molecule has 62 valence electrons. The van der Waals surface area contributed by atoms with E-state index in [1.54, 1.807) is 11.3 Å². The number of thiophene rings is 1. The molecule has 0 radical (unpaired) electrons. The van der Waals surface area contributed by atoms with Gasteiger partial charge in [-0.15, -0.1) is 24.0 Å². The molecule has 0 unspecified atom stereocenters. The molecule has 0 bridgehead atoms. The highest BCUT2D eigenvalue weighted by atomic mass is 127. The van der Waals surface area contributed by atoms with Crippen molar-refractivity contribution in [3.8, 4) is 0 Å². The normalized spacial score (nSPS) is 10.9. The summed E-state index contributed by atoms with van der Waals surface area (Å²) in [6, 6.07) is 6.23. The summed E-state index contributed by atoms with van der Waals surface area (Å²) >= 11 is 11.9. The number of hydrogen-bond donors (Lipinski definition) is 1. The highest BCUT2D eigenvalue weighted by Gasteiger charge is 2.06. The van der Waals surface area contributed by atoms with Gasteiger partial charge in [-0.3, -0.25) is 0 Å². The van der Waals surface area contributed by atoms with E-state index in [1.807, 2.05) is 6.07 Å². The van der Waals surface area contributed by atoms with E-state index in [-0.39, 0.29) is 0 Å². The summed E-state index contributed by atoms with van der Waals surface area (Å²) in [4.78, 5) is 1.02. The molecule has 0 saturated heterocycles. The van der Waals surface area contributed by atoms with Crippen LogP contribution >= 0.6 is 62.5 Å². The third kappa shape index (κ3) is 1.54. The summed E-state index contributed by atoms with van der Waals surface area (Å²) in [6.07, 6.45) is 0. The molecule has 0 fully saturated rings. The van der Waals surface area contributed by atoms with Crippen LogP contribution in [0.1, 0.15) is 0 Å². The summed E-state index contributed by atoms with van der Waals surface area (Å²) in [6.45, 7) is 0. The van der Waals surface area contributed by atoms with Crippen LogP contribution < -0.4 is 0 Å². The van der Waals surface area contributed by atoms with E-state index in [1.165, 1.54) is 17.4 Å². The molecular formula is C8H4BrIS2. The Kier molecular flexibility index (Phi) is 2.69. The highest BCUT2D eigenvalue weighted by molar-refractivity contribution is 14.1. The Labute approximate surface area is 102 Å². The number of hydrogen-bond acceptors (Lipinski definition) is 2. The van der Waals surface area contributed by atoms with Gasteiger partial charge in [-0.1, -0.05) is 6.07 Å². The molecule has 0 saturated carbocycles. The van der Waals surface area contributed by atoms with Crippen molar-refractivity contribution in [3.63, 3.8) is 0 Å². The highest BCUT2D eigenvalue weighted by Crippen LogP contribution is 2.36. The Morgan fingerprint density at radius 2 is 2.17 bits per heavy atom. The van der Waals surface area contributed by atoms with Crippen LogP contribution in [0.25, 0.3) is 10.1 Å². The van der Waals surface area contributed by atoms with Crippen LogP contribution in [0.2, 0.25) is 0 Å². The van der Waals surface area contributed by atoms with E-state index in [2.05, 4.69) is 63.3 Å². The number of benzene rings is 1. The van der Waals surface area contributed by atoms with Gasteiger partial charge in [0.05, 0.1) is 3.79 Å².